The smallest absolute Gasteiger partial charge is 0.297 e. The molecule has 0 radical (unpaired) electrons. The molecular formula is C76H88O20S4. The van der Waals surface area contributed by atoms with Crippen LogP contribution in [0.3, 0.4) is 0 Å². The van der Waals surface area contributed by atoms with Crippen molar-refractivity contribution in [3.63, 3.8) is 0 Å². The van der Waals surface area contributed by atoms with Crippen molar-refractivity contribution in [1.82, 2.24) is 0 Å². The molecule has 100 heavy (non-hydrogen) atoms. The maximum Gasteiger partial charge on any atom is 0.297 e. The summed E-state index contributed by atoms with van der Waals surface area (Å²) in [5.74, 6) is 0.653. The van der Waals surface area contributed by atoms with Crippen LogP contribution in [0.15, 0.2) is 165 Å². The zero-order valence-electron chi connectivity index (χ0n) is 58.4. The van der Waals surface area contributed by atoms with Gasteiger partial charge in [0.25, 0.3) is 40.5 Å². The highest BCUT2D eigenvalue weighted by Gasteiger charge is 2.35. The number of fused-ring (bicyclic) bond motifs is 8. The topological polar surface area (TPSA) is 247 Å². The van der Waals surface area contributed by atoms with Gasteiger partial charge in [-0.2, -0.15) is 33.7 Å². The molecule has 1 aliphatic rings. The molecule has 20 nitrogen and oxygen atoms in total. The Balaban J connectivity index is 1.25. The van der Waals surface area contributed by atoms with Crippen molar-refractivity contribution in [3.05, 3.63) is 212 Å². The van der Waals surface area contributed by atoms with E-state index in [-0.39, 0.29) is 72.4 Å². The first-order valence-electron chi connectivity index (χ1n) is 33.1. The van der Waals surface area contributed by atoms with Crippen molar-refractivity contribution in [1.29, 1.82) is 0 Å². The quantitative estimate of drug-likeness (QED) is 0.0281. The average molecular weight is 1450 g/mol. The molecule has 0 heterocycles. The Morgan fingerprint density at radius 3 is 0.580 bits per heavy atom. The Kier molecular flexibility index (Phi) is 25.5. The number of ether oxygens (including phenoxy) is 8. The van der Waals surface area contributed by atoms with E-state index in [1.54, 1.807) is 101 Å². The largest absolute Gasteiger partial charge is 0.496 e. The van der Waals surface area contributed by atoms with Gasteiger partial charge in [0.2, 0.25) is 0 Å². The summed E-state index contributed by atoms with van der Waals surface area (Å²) >= 11 is 0. The molecule has 0 aromatic heterocycles. The average Bonchev–Trinajstić information content (AvgIpc) is 0.746. The number of hydrogen-bond donors (Lipinski definition) is 0. The second-order valence-electron chi connectivity index (χ2n) is 24.1. The third-order valence-electron chi connectivity index (χ3n) is 17.6. The minimum absolute atomic E-state index is 0.00955. The van der Waals surface area contributed by atoms with Crippen LogP contribution in [0, 0.1) is 27.7 Å². The van der Waals surface area contributed by atoms with Gasteiger partial charge in [-0.1, -0.05) is 98.5 Å². The molecule has 24 heteroatoms. The summed E-state index contributed by atoms with van der Waals surface area (Å²) in [7, 11) is -10.6. The van der Waals surface area contributed by atoms with Crippen LogP contribution in [0.2, 0.25) is 0 Å². The van der Waals surface area contributed by atoms with E-state index in [2.05, 4.69) is 0 Å². The van der Waals surface area contributed by atoms with E-state index in [9.17, 15) is 33.7 Å². The van der Waals surface area contributed by atoms with E-state index in [4.69, 9.17) is 54.6 Å². The first-order chi connectivity index (χ1) is 47.8. The normalized spacial score (nSPS) is 15.6. The molecule has 0 saturated carbocycles. The number of rotatable bonds is 32. The maximum atomic E-state index is 13.5. The molecule has 0 amide bonds. The summed E-state index contributed by atoms with van der Waals surface area (Å²) in [4.78, 5) is -0.0382. The SMILES string of the molecule is CC[C@@H]1c2cc(c(OCCOS(=O)(=O)c3ccc(C)cc3)cc2OC)[C@H](CC)c2cc(c(OCCOS(=O)(=O)c3ccc(C)cc3)cc2OC)[C@H](CC)c2cc(c(OCCOS(=O)(=O)c3ccc(C)cc3)cc2OC)[C@H](CC)c2cc1c(OCCOS(=O)(=O)c1ccc(C)cc1)cc2OC. The summed E-state index contributed by atoms with van der Waals surface area (Å²) in [5.41, 5.74) is 8.86. The molecule has 0 aliphatic heterocycles. The van der Waals surface area contributed by atoms with Gasteiger partial charge >= 0.3 is 0 Å². The first kappa shape index (κ1) is 76.0. The zero-order valence-corrected chi connectivity index (χ0v) is 61.7. The molecule has 0 saturated heterocycles. The fourth-order valence-electron chi connectivity index (χ4n) is 12.5. The molecule has 9 rings (SSSR count). The molecule has 0 unspecified atom stereocenters. The zero-order chi connectivity index (χ0) is 72.1. The predicted molar refractivity (Wildman–Crippen MR) is 380 cm³/mol. The third-order valence-corrected chi connectivity index (χ3v) is 22.9. The van der Waals surface area contributed by atoms with E-state index in [0.29, 0.717) is 116 Å². The van der Waals surface area contributed by atoms with E-state index in [0.717, 1.165) is 22.3 Å². The summed E-state index contributed by atoms with van der Waals surface area (Å²) in [6.45, 7) is 13.2. The molecule has 4 atom stereocenters. The lowest BCUT2D eigenvalue weighted by atomic mass is 9.77. The molecule has 0 spiro atoms. The Bertz CT molecular complexity index is 4010. The van der Waals surface area contributed by atoms with E-state index < -0.39 is 64.1 Å². The van der Waals surface area contributed by atoms with E-state index in [1.807, 2.05) is 79.7 Å². The van der Waals surface area contributed by atoms with Crippen LogP contribution in [0.1, 0.15) is 144 Å². The van der Waals surface area contributed by atoms with E-state index in [1.165, 1.54) is 48.5 Å². The third kappa shape index (κ3) is 17.7. The Morgan fingerprint density at radius 1 is 0.250 bits per heavy atom. The van der Waals surface area contributed by atoms with Gasteiger partial charge in [-0.3, -0.25) is 16.7 Å². The fourth-order valence-corrected chi connectivity index (χ4v) is 16.0. The highest BCUT2D eigenvalue weighted by atomic mass is 32.2. The number of benzene rings is 8. The molecule has 0 N–H and O–H groups in total. The monoisotopic (exact) mass is 1450 g/mol. The Morgan fingerprint density at radius 2 is 0.420 bits per heavy atom. The van der Waals surface area contributed by atoms with Gasteiger partial charge in [0, 0.05) is 92.4 Å². The van der Waals surface area contributed by atoms with Gasteiger partial charge in [-0.25, -0.2) is 0 Å². The fraction of sp³-hybridized carbons (Fsp3) is 0.368. The van der Waals surface area contributed by atoms with Crippen LogP contribution < -0.4 is 37.9 Å². The standard InChI is InChI=1S/C76H88O20S4/c1-13-57-61-41-66(74(45-69(61)85-9)90-34-38-94-98(79,80)54-27-19-50(6)20-28-54)59(15-3)63-43-68(76(47-71(63)87-11)92-36-40-96-100(83,84)56-31-23-52(8)24-32-56)60(16-4)64-44-67(75(48-72(64)88-12)91-35-39-95-99(81,82)55-29-21-51(7)22-30-55)58(14-2)62-42-65(57)73(46-70(62)86-10)89-33-37-93-97(77,78)53-25-17-49(5)18-26-53/h17-32,41-48,57-60H,13-16,33-40H2,1-12H3/t57-,58-,59-,60-/m1/s1. The van der Waals surface area contributed by atoms with Crippen molar-refractivity contribution in [3.8, 4) is 46.0 Å². The first-order valence-corrected chi connectivity index (χ1v) is 38.7. The van der Waals surface area contributed by atoms with Gasteiger partial charge in [0.05, 0.1) is 48.0 Å². The van der Waals surface area contributed by atoms with Gasteiger partial charge < -0.3 is 37.9 Å². The lowest BCUT2D eigenvalue weighted by Gasteiger charge is -2.31. The number of hydrogen-bond acceptors (Lipinski definition) is 20. The van der Waals surface area contributed by atoms with E-state index >= 15 is 0 Å². The molecule has 8 bridgehead atoms. The lowest BCUT2D eigenvalue weighted by molar-refractivity contribution is 0.217. The molecule has 1 aliphatic carbocycles. The molecular weight excluding hydrogens is 1360 g/mol. The van der Waals surface area contributed by atoms with Crippen molar-refractivity contribution in [2.45, 2.75) is 124 Å². The van der Waals surface area contributed by atoms with Crippen LogP contribution in [0.4, 0.5) is 0 Å². The summed E-state index contributed by atoms with van der Waals surface area (Å²) in [5, 5.41) is 0. The minimum Gasteiger partial charge on any atom is -0.496 e. The van der Waals surface area contributed by atoms with Gasteiger partial charge in [-0.05, 0) is 126 Å². The predicted octanol–water partition coefficient (Wildman–Crippen LogP) is 14.6. The summed E-state index contributed by atoms with van der Waals surface area (Å²) in [6.07, 6.45) is 1.70. The summed E-state index contributed by atoms with van der Waals surface area (Å²) < 4.78 is 183. The van der Waals surface area contributed by atoms with Crippen molar-refractivity contribution in [2.24, 2.45) is 0 Å². The molecule has 8 aromatic carbocycles. The van der Waals surface area contributed by atoms with Crippen molar-refractivity contribution in [2.75, 3.05) is 81.3 Å². The Hall–Kier alpha value is -8.20. The van der Waals surface area contributed by atoms with Crippen LogP contribution in [0.5, 0.6) is 46.0 Å². The minimum atomic E-state index is -4.20. The van der Waals surface area contributed by atoms with Crippen molar-refractivity contribution >= 4 is 40.5 Å². The lowest BCUT2D eigenvalue weighted by Crippen LogP contribution is -2.17. The van der Waals surface area contributed by atoms with Crippen LogP contribution in [-0.4, -0.2) is 115 Å². The molecule has 536 valence electrons. The van der Waals surface area contributed by atoms with Crippen molar-refractivity contribution < 1.29 is 88.3 Å². The highest BCUT2D eigenvalue weighted by molar-refractivity contribution is 7.87. The number of aryl methyl sites for hydroxylation is 4. The van der Waals surface area contributed by atoms with Crippen LogP contribution in [-0.2, 0) is 57.2 Å². The maximum absolute atomic E-state index is 13.5. The van der Waals surface area contributed by atoms with Crippen LogP contribution in [0.25, 0.3) is 0 Å². The second kappa shape index (κ2) is 33.5. The number of methoxy groups -OCH3 is 4. The van der Waals surface area contributed by atoms with Gasteiger partial charge in [0.15, 0.2) is 0 Å². The molecule has 8 aromatic rings. The highest BCUT2D eigenvalue weighted by Crippen LogP contribution is 2.53. The van der Waals surface area contributed by atoms with Gasteiger partial charge in [-0.15, -0.1) is 0 Å². The Labute approximate surface area is 589 Å². The van der Waals surface area contributed by atoms with Gasteiger partial charge in [0.1, 0.15) is 98.9 Å². The van der Waals surface area contributed by atoms with Crippen LogP contribution >= 0.6 is 0 Å². The summed E-state index contributed by atoms with van der Waals surface area (Å²) in [6, 6.07) is 40.5. The second-order valence-corrected chi connectivity index (χ2v) is 30.6. The molecule has 0 fully saturated rings.